The summed E-state index contributed by atoms with van der Waals surface area (Å²) in [5.41, 5.74) is 2.54. The van der Waals surface area contributed by atoms with Gasteiger partial charge >= 0.3 is 0 Å². The van der Waals surface area contributed by atoms with E-state index in [9.17, 15) is 14.0 Å². The summed E-state index contributed by atoms with van der Waals surface area (Å²) in [7, 11) is 0. The Morgan fingerprint density at radius 3 is 2.07 bits per heavy atom. The second kappa shape index (κ2) is 11.5. The van der Waals surface area contributed by atoms with Crippen molar-refractivity contribution in [3.8, 4) is 28.5 Å². The van der Waals surface area contributed by atoms with Crippen molar-refractivity contribution in [3.05, 3.63) is 103 Å². The van der Waals surface area contributed by atoms with Gasteiger partial charge in [-0.2, -0.15) is 0 Å². The molecule has 0 aliphatic heterocycles. The molecule has 2 amide bonds. The van der Waals surface area contributed by atoms with Crippen LogP contribution in [0.5, 0.6) is 17.4 Å². The summed E-state index contributed by atoms with van der Waals surface area (Å²) in [6, 6.07) is 24.0. The summed E-state index contributed by atoms with van der Waals surface area (Å²) in [5.74, 6) is 0.615. The van der Waals surface area contributed by atoms with E-state index >= 15 is 0 Å². The van der Waals surface area contributed by atoms with Gasteiger partial charge in [0.1, 0.15) is 22.7 Å². The van der Waals surface area contributed by atoms with Gasteiger partial charge < -0.3 is 20.1 Å². The van der Waals surface area contributed by atoms with Crippen molar-refractivity contribution in [1.82, 2.24) is 9.97 Å². The molecule has 0 atom stereocenters. The molecule has 9 heteroatoms. The fourth-order valence-electron chi connectivity index (χ4n) is 4.70. The molecular formula is C34H29FN4O4. The third kappa shape index (κ3) is 6.16. The summed E-state index contributed by atoms with van der Waals surface area (Å²) in [6.07, 6.45) is 4.42. The van der Waals surface area contributed by atoms with E-state index in [4.69, 9.17) is 9.47 Å². The SMILES string of the molecule is CC(C)Oc1ccc(-c2ccc3c(Oc4ccc(NC(=O)C5(C(=O)Nc6ccc(F)cc6)CC5)cc4)ccnc3c2)cn1. The fourth-order valence-corrected chi connectivity index (χ4v) is 4.70. The predicted octanol–water partition coefficient (Wildman–Crippen LogP) is 7.37. The molecule has 43 heavy (non-hydrogen) atoms. The molecule has 216 valence electrons. The molecule has 0 radical (unpaired) electrons. The number of nitrogens with zero attached hydrogens (tertiary/aromatic N) is 2. The molecule has 2 aromatic heterocycles. The minimum atomic E-state index is -1.14. The Morgan fingerprint density at radius 1 is 0.814 bits per heavy atom. The number of nitrogens with one attached hydrogen (secondary N) is 2. The fraction of sp³-hybridized carbons (Fsp3) is 0.176. The van der Waals surface area contributed by atoms with E-state index in [2.05, 4.69) is 20.6 Å². The summed E-state index contributed by atoms with van der Waals surface area (Å²) < 4.78 is 25.0. The zero-order valence-corrected chi connectivity index (χ0v) is 23.6. The molecule has 8 nitrogen and oxygen atoms in total. The van der Waals surface area contributed by atoms with Crippen molar-refractivity contribution >= 4 is 34.1 Å². The zero-order valence-electron chi connectivity index (χ0n) is 23.6. The average Bonchev–Trinajstić information content (AvgIpc) is 3.82. The molecule has 3 aromatic carbocycles. The minimum Gasteiger partial charge on any atom is -0.475 e. The molecule has 0 bridgehead atoms. The highest BCUT2D eigenvalue weighted by Crippen LogP contribution is 2.47. The monoisotopic (exact) mass is 576 g/mol. The van der Waals surface area contributed by atoms with Crippen LogP contribution < -0.4 is 20.1 Å². The smallest absolute Gasteiger partial charge is 0.240 e. The number of anilines is 2. The van der Waals surface area contributed by atoms with Gasteiger partial charge in [-0.15, -0.1) is 0 Å². The Kier molecular flexibility index (Phi) is 7.46. The van der Waals surface area contributed by atoms with Gasteiger partial charge in [0.05, 0.1) is 11.6 Å². The first-order valence-electron chi connectivity index (χ1n) is 14.0. The highest BCUT2D eigenvalue weighted by Gasteiger charge is 2.56. The molecule has 0 saturated heterocycles. The van der Waals surface area contributed by atoms with E-state index in [-0.39, 0.29) is 12.0 Å². The molecule has 1 saturated carbocycles. The van der Waals surface area contributed by atoms with Crippen molar-refractivity contribution in [3.63, 3.8) is 0 Å². The molecular weight excluding hydrogens is 547 g/mol. The third-order valence-corrected chi connectivity index (χ3v) is 7.19. The number of carbonyl (C=O) groups is 2. The van der Waals surface area contributed by atoms with Crippen LogP contribution in [-0.2, 0) is 9.59 Å². The number of pyridine rings is 2. The van der Waals surface area contributed by atoms with Crippen LogP contribution in [-0.4, -0.2) is 27.9 Å². The topological polar surface area (TPSA) is 102 Å². The van der Waals surface area contributed by atoms with Gasteiger partial charge in [0.25, 0.3) is 0 Å². The predicted molar refractivity (Wildman–Crippen MR) is 163 cm³/mol. The Balaban J connectivity index is 1.11. The zero-order chi connectivity index (χ0) is 30.0. The lowest BCUT2D eigenvalue weighted by atomic mass is 10.0. The van der Waals surface area contributed by atoms with E-state index in [0.717, 1.165) is 22.0 Å². The lowest BCUT2D eigenvalue weighted by Crippen LogP contribution is -2.35. The Labute approximate surface area is 247 Å². The van der Waals surface area contributed by atoms with E-state index in [1.54, 1.807) is 42.7 Å². The lowest BCUT2D eigenvalue weighted by molar-refractivity contribution is -0.131. The molecule has 1 aliphatic carbocycles. The maximum atomic E-state index is 13.2. The van der Waals surface area contributed by atoms with Crippen molar-refractivity contribution in [2.45, 2.75) is 32.8 Å². The van der Waals surface area contributed by atoms with Crippen LogP contribution in [0.4, 0.5) is 15.8 Å². The van der Waals surface area contributed by atoms with Gasteiger partial charge in [-0.25, -0.2) is 9.37 Å². The largest absolute Gasteiger partial charge is 0.475 e. The first-order valence-corrected chi connectivity index (χ1v) is 14.0. The number of carbonyl (C=O) groups excluding carboxylic acids is 2. The molecule has 6 rings (SSSR count). The Morgan fingerprint density at radius 2 is 1.47 bits per heavy atom. The van der Waals surface area contributed by atoms with Crippen LogP contribution >= 0.6 is 0 Å². The number of hydrogen-bond donors (Lipinski definition) is 2. The molecule has 2 heterocycles. The van der Waals surface area contributed by atoms with Crippen LogP contribution in [0, 0.1) is 11.2 Å². The number of fused-ring (bicyclic) bond motifs is 1. The summed E-state index contributed by atoms with van der Waals surface area (Å²) in [4.78, 5) is 34.8. The first-order chi connectivity index (χ1) is 20.8. The average molecular weight is 577 g/mol. The van der Waals surface area contributed by atoms with Gasteiger partial charge in [0.15, 0.2) is 0 Å². The third-order valence-electron chi connectivity index (χ3n) is 7.19. The second-order valence-corrected chi connectivity index (χ2v) is 10.7. The maximum absolute atomic E-state index is 13.2. The first kappa shape index (κ1) is 27.8. The standard InChI is InChI=1S/C34H29FN4O4/c1-21(2)42-31-14-4-23(20-37-31)22-3-13-28-29(19-22)36-18-15-30(28)43-27-11-9-26(10-12-27)39-33(41)34(16-17-34)32(40)38-25-7-5-24(35)6-8-25/h3-15,18-21H,16-17H2,1-2H3,(H,38,40)(H,39,41). The van der Waals surface area contributed by atoms with Crippen molar-refractivity contribution < 1.29 is 23.5 Å². The lowest BCUT2D eigenvalue weighted by Gasteiger charge is -2.16. The molecule has 5 aromatic rings. The molecule has 1 aliphatic rings. The summed E-state index contributed by atoms with van der Waals surface area (Å²) in [5, 5.41) is 6.39. The summed E-state index contributed by atoms with van der Waals surface area (Å²) >= 11 is 0. The Hall–Kier alpha value is -5.31. The van der Waals surface area contributed by atoms with E-state index < -0.39 is 17.1 Å². The molecule has 0 unspecified atom stereocenters. The van der Waals surface area contributed by atoms with Gasteiger partial charge in [-0.1, -0.05) is 6.07 Å². The number of halogens is 1. The van der Waals surface area contributed by atoms with E-state index in [1.807, 2.05) is 44.2 Å². The van der Waals surface area contributed by atoms with Crippen molar-refractivity contribution in [2.75, 3.05) is 10.6 Å². The van der Waals surface area contributed by atoms with E-state index in [1.165, 1.54) is 24.3 Å². The van der Waals surface area contributed by atoms with Crippen LogP contribution in [0.2, 0.25) is 0 Å². The number of aromatic nitrogens is 2. The Bertz CT molecular complexity index is 1790. The second-order valence-electron chi connectivity index (χ2n) is 10.7. The van der Waals surface area contributed by atoms with Crippen LogP contribution in [0.25, 0.3) is 22.0 Å². The highest BCUT2D eigenvalue weighted by molar-refractivity contribution is 6.16. The van der Waals surface area contributed by atoms with Crippen LogP contribution in [0.3, 0.4) is 0 Å². The number of rotatable bonds is 9. The number of ether oxygens (including phenoxy) is 2. The van der Waals surface area contributed by atoms with Crippen molar-refractivity contribution in [2.24, 2.45) is 5.41 Å². The minimum absolute atomic E-state index is 0.0553. The molecule has 2 N–H and O–H groups in total. The maximum Gasteiger partial charge on any atom is 0.240 e. The van der Waals surface area contributed by atoms with E-state index in [0.29, 0.717) is 41.6 Å². The van der Waals surface area contributed by atoms with Gasteiger partial charge in [-0.05, 0) is 105 Å². The summed E-state index contributed by atoms with van der Waals surface area (Å²) in [6.45, 7) is 3.92. The van der Waals surface area contributed by atoms with Gasteiger partial charge in [0.2, 0.25) is 17.7 Å². The van der Waals surface area contributed by atoms with Crippen LogP contribution in [0.15, 0.2) is 97.3 Å². The number of benzene rings is 3. The normalized spacial score (nSPS) is 13.4. The highest BCUT2D eigenvalue weighted by atomic mass is 19.1. The quantitative estimate of drug-likeness (QED) is 0.178. The van der Waals surface area contributed by atoms with Gasteiger partial charge in [-0.3, -0.25) is 14.6 Å². The molecule has 1 fully saturated rings. The number of amides is 2. The van der Waals surface area contributed by atoms with Gasteiger partial charge in [0, 0.05) is 40.8 Å². The van der Waals surface area contributed by atoms with Crippen LogP contribution in [0.1, 0.15) is 26.7 Å². The molecule has 0 spiro atoms. The van der Waals surface area contributed by atoms with Crippen molar-refractivity contribution in [1.29, 1.82) is 0 Å². The number of hydrogen-bond acceptors (Lipinski definition) is 6.